The number of fused-ring (bicyclic) bond motifs is 2. The zero-order chi connectivity index (χ0) is 41.5. The monoisotopic (exact) mass is 873 g/mol. The van der Waals surface area contributed by atoms with Crippen LogP contribution in [0.1, 0.15) is 41.6 Å². The number of carbonyl (C=O) groups is 1. The number of pyridine rings is 1. The van der Waals surface area contributed by atoms with Gasteiger partial charge in [-0.1, -0.05) is 101 Å². The van der Waals surface area contributed by atoms with Crippen LogP contribution in [0.15, 0.2) is 131 Å². The number of hydrogen-bond acceptors (Lipinski definition) is 8. The van der Waals surface area contributed by atoms with Gasteiger partial charge in [-0.3, -0.25) is 18.8 Å². The normalized spacial score (nSPS) is 20.6. The quantitative estimate of drug-likeness (QED) is 0.121. The van der Waals surface area contributed by atoms with E-state index in [-0.39, 0.29) is 47.3 Å². The summed E-state index contributed by atoms with van der Waals surface area (Å²) in [6.07, 6.45) is 3.93. The van der Waals surface area contributed by atoms with Gasteiger partial charge in [0.25, 0.3) is 11.5 Å². The fraction of sp³-hybridized carbons (Fsp3) is 0.304. The van der Waals surface area contributed by atoms with E-state index in [0.717, 1.165) is 32.6 Å². The molecular weight excluding hydrogens is 827 g/mol. The van der Waals surface area contributed by atoms with E-state index in [2.05, 4.69) is 58.4 Å². The summed E-state index contributed by atoms with van der Waals surface area (Å²) < 4.78 is 22.4. The lowest BCUT2D eigenvalue weighted by Crippen LogP contribution is -2.51. The van der Waals surface area contributed by atoms with Crippen molar-refractivity contribution in [2.45, 2.75) is 62.7 Å². The molecule has 1 fully saturated rings. The number of hydrogen-bond donors (Lipinski definition) is 1. The molecule has 1 amide bonds. The Morgan fingerprint density at radius 3 is 2.37 bits per heavy atom. The molecule has 8 rings (SSSR count). The highest BCUT2D eigenvalue weighted by molar-refractivity contribution is 9.10. The molecule has 13 heteroatoms. The third-order valence-electron chi connectivity index (χ3n) is 12.4. The lowest BCUT2D eigenvalue weighted by Gasteiger charge is -2.37. The van der Waals surface area contributed by atoms with Gasteiger partial charge in [0, 0.05) is 40.6 Å². The predicted molar refractivity (Wildman–Crippen MR) is 234 cm³/mol. The molecule has 5 atom stereocenters. The summed E-state index contributed by atoms with van der Waals surface area (Å²) in [6.45, 7) is 7.69. The molecular formula is C46H48BrN5O6Si. The third kappa shape index (κ3) is 7.24. The Labute approximate surface area is 353 Å². The molecule has 2 aliphatic rings. The minimum absolute atomic E-state index is 0.0320. The van der Waals surface area contributed by atoms with Crippen LogP contribution in [-0.4, -0.2) is 65.6 Å². The summed E-state index contributed by atoms with van der Waals surface area (Å²) >= 11 is 3.72. The molecule has 11 nitrogen and oxygen atoms in total. The van der Waals surface area contributed by atoms with Crippen molar-refractivity contribution in [1.82, 2.24) is 19.6 Å². The number of nitrogens with zero attached hydrogens (tertiary/aromatic N) is 5. The van der Waals surface area contributed by atoms with Crippen molar-refractivity contribution in [1.29, 1.82) is 0 Å². The van der Waals surface area contributed by atoms with Gasteiger partial charge in [0.05, 0.1) is 58.8 Å². The van der Waals surface area contributed by atoms with Gasteiger partial charge in [-0.25, -0.2) is 0 Å². The van der Waals surface area contributed by atoms with Crippen LogP contribution < -0.4 is 25.1 Å². The molecule has 4 heterocycles. The number of aliphatic hydroxyl groups excluding tert-OH is 1. The zero-order valence-corrected chi connectivity index (χ0v) is 36.4. The molecule has 0 aliphatic carbocycles. The maximum absolute atomic E-state index is 15.3. The van der Waals surface area contributed by atoms with Gasteiger partial charge >= 0.3 is 0 Å². The summed E-state index contributed by atoms with van der Waals surface area (Å²) in [6, 6.07) is 35.3. The minimum atomic E-state index is -2.39. The number of rotatable bonds is 13. The van der Waals surface area contributed by atoms with E-state index in [9.17, 15) is 9.90 Å². The largest absolute Gasteiger partial charge is 0.497 e. The Morgan fingerprint density at radius 1 is 0.932 bits per heavy atom. The number of anilines is 1. The molecule has 4 aromatic carbocycles. The molecule has 1 N–H and O–H groups in total. The lowest BCUT2D eigenvalue weighted by molar-refractivity contribution is -0.146. The molecule has 0 radical (unpaired) electrons. The summed E-state index contributed by atoms with van der Waals surface area (Å²) in [5.74, 6) is 0.493. The molecule has 0 saturated carbocycles. The van der Waals surface area contributed by atoms with Gasteiger partial charge in [0.1, 0.15) is 5.75 Å². The molecule has 1 saturated heterocycles. The van der Waals surface area contributed by atoms with Crippen LogP contribution in [0, 0.1) is 5.92 Å². The molecule has 0 bridgehead atoms. The van der Waals surface area contributed by atoms with Crippen LogP contribution >= 0.6 is 15.9 Å². The average molecular weight is 875 g/mol. The van der Waals surface area contributed by atoms with E-state index in [1.165, 1.54) is 12.3 Å². The van der Waals surface area contributed by atoms with Crippen molar-refractivity contribution in [2.75, 3.05) is 25.7 Å². The number of methoxy groups -OCH3 is 2. The van der Waals surface area contributed by atoms with Crippen molar-refractivity contribution in [3.63, 3.8) is 0 Å². The molecule has 2 aromatic heterocycles. The van der Waals surface area contributed by atoms with Crippen LogP contribution in [-0.2, 0) is 28.2 Å². The van der Waals surface area contributed by atoms with Crippen molar-refractivity contribution in [2.24, 2.45) is 5.92 Å². The van der Waals surface area contributed by atoms with Crippen molar-refractivity contribution >= 4 is 40.8 Å². The van der Waals surface area contributed by atoms with Crippen molar-refractivity contribution in [3.8, 4) is 17.2 Å². The van der Waals surface area contributed by atoms with E-state index in [0.29, 0.717) is 30.9 Å². The SMILES string of the molecule is COc1ccc([Si](C)(C)[C@@H]2[C@@H](CCn3cc(C(CO)c4ccccc4)nn3)O[C@]3(C(=O)N(Cc4ccc(-n5cccc(OC)c5=O)cc4)c4ccc(Br)cc43)[C@H]2C)cc1. The molecule has 2 aliphatic heterocycles. The second-order valence-electron chi connectivity index (χ2n) is 16.0. The fourth-order valence-electron chi connectivity index (χ4n) is 9.39. The maximum atomic E-state index is 15.3. The first-order valence-corrected chi connectivity index (χ1v) is 23.7. The average Bonchev–Trinajstić information content (AvgIpc) is 3.91. The van der Waals surface area contributed by atoms with Crippen LogP contribution in [0.5, 0.6) is 11.5 Å². The topological polar surface area (TPSA) is 121 Å². The van der Waals surface area contributed by atoms with Gasteiger partial charge in [-0.15, -0.1) is 5.10 Å². The fourth-order valence-corrected chi connectivity index (χ4v) is 13.8. The highest BCUT2D eigenvalue weighted by Gasteiger charge is 2.66. The zero-order valence-electron chi connectivity index (χ0n) is 33.8. The van der Waals surface area contributed by atoms with Gasteiger partial charge < -0.3 is 24.2 Å². The van der Waals surface area contributed by atoms with Crippen molar-refractivity contribution < 1.29 is 24.1 Å². The lowest BCUT2D eigenvalue weighted by atomic mass is 9.82. The number of aryl methyl sites for hydroxylation is 1. The molecule has 1 unspecified atom stereocenters. The van der Waals surface area contributed by atoms with Crippen molar-refractivity contribution in [3.05, 3.63) is 159 Å². The first-order chi connectivity index (χ1) is 28.5. The van der Waals surface area contributed by atoms with E-state index in [1.807, 2.05) is 101 Å². The number of amides is 1. The summed E-state index contributed by atoms with van der Waals surface area (Å²) in [5, 5.41) is 20.6. The summed E-state index contributed by atoms with van der Waals surface area (Å²) in [7, 11) is 0.763. The Kier molecular flexibility index (Phi) is 11.2. The van der Waals surface area contributed by atoms with E-state index < -0.39 is 13.7 Å². The Balaban J connectivity index is 1.13. The molecule has 59 heavy (non-hydrogen) atoms. The van der Waals surface area contributed by atoms with Gasteiger partial charge in [0.15, 0.2) is 11.4 Å². The second-order valence-corrected chi connectivity index (χ2v) is 21.6. The number of benzene rings is 4. The van der Waals surface area contributed by atoms with Crippen LogP contribution in [0.2, 0.25) is 18.6 Å². The number of ether oxygens (including phenoxy) is 3. The molecule has 1 spiro atoms. The van der Waals surface area contributed by atoms with Gasteiger partial charge in [-0.2, -0.15) is 0 Å². The number of aromatic nitrogens is 4. The minimum Gasteiger partial charge on any atom is -0.497 e. The Hall–Kier alpha value is -5.34. The first kappa shape index (κ1) is 40.4. The number of carbonyl (C=O) groups excluding carboxylic acids is 1. The second kappa shape index (κ2) is 16.4. The predicted octanol–water partition coefficient (Wildman–Crippen LogP) is 7.19. The van der Waals surface area contributed by atoms with E-state index in [4.69, 9.17) is 14.2 Å². The molecule has 304 valence electrons. The van der Waals surface area contributed by atoms with Crippen LogP contribution in [0.4, 0.5) is 5.69 Å². The first-order valence-electron chi connectivity index (χ1n) is 19.8. The summed E-state index contributed by atoms with van der Waals surface area (Å²) in [5.41, 5.74) is 3.50. The van der Waals surface area contributed by atoms with Gasteiger partial charge in [-0.05, 0) is 77.7 Å². The third-order valence-corrected chi connectivity index (χ3v) is 17.3. The highest BCUT2D eigenvalue weighted by Crippen LogP contribution is 2.60. The Bertz CT molecular complexity index is 2510. The van der Waals surface area contributed by atoms with Gasteiger partial charge in [0.2, 0.25) is 0 Å². The smallest absolute Gasteiger partial charge is 0.297 e. The number of aliphatic hydroxyl groups is 1. The van der Waals surface area contributed by atoms with Crippen LogP contribution in [0.25, 0.3) is 5.69 Å². The molecule has 6 aromatic rings. The van der Waals surface area contributed by atoms with E-state index in [1.54, 1.807) is 30.0 Å². The maximum Gasteiger partial charge on any atom is 0.297 e. The number of halogens is 1. The summed E-state index contributed by atoms with van der Waals surface area (Å²) in [4.78, 5) is 30.2. The standard InChI is InChI=1S/C46H48BrN5O6Si/c1-30-43(59(4,5)36-20-18-35(56-2)19-21-36)41(23-25-50-28-39(48-49-50)37(29-53)32-10-7-6-8-11-32)58-46(30)38-26-33(47)15-22-40(38)52(45(46)55)27-31-13-16-34(17-14-31)51-24-9-12-42(57-3)44(51)54/h6-22,24,26,28,30,37,41,43,53H,23,25,27,29H2,1-5H3/t30-,37?,41+,43-,46+/m0/s1. The highest BCUT2D eigenvalue weighted by atomic mass is 79.9. The van der Waals surface area contributed by atoms with Crippen LogP contribution in [0.3, 0.4) is 0 Å². The van der Waals surface area contributed by atoms with E-state index >= 15 is 4.79 Å². The Morgan fingerprint density at radius 2 is 1.68 bits per heavy atom.